The Hall–Kier alpha value is -2.11. The summed E-state index contributed by atoms with van der Waals surface area (Å²) in [5.74, 6) is 0. The molecule has 0 aliphatic rings. The van der Waals surface area contributed by atoms with Gasteiger partial charge in [-0.25, -0.2) is 15.0 Å². The summed E-state index contributed by atoms with van der Waals surface area (Å²) in [6.07, 6.45) is 5.36. The lowest BCUT2D eigenvalue weighted by Crippen LogP contribution is -2.01. The van der Waals surface area contributed by atoms with E-state index in [-0.39, 0.29) is 0 Å². The van der Waals surface area contributed by atoms with Gasteiger partial charge in [-0.3, -0.25) is 4.99 Å². The number of hydrogen-bond acceptors (Lipinski definition) is 5. The van der Waals surface area contributed by atoms with E-state index >= 15 is 0 Å². The van der Waals surface area contributed by atoms with Gasteiger partial charge in [-0.05, 0) is 26.3 Å². The minimum Gasteiger partial charge on any atom is -0.328 e. The van der Waals surface area contributed by atoms with Crippen LogP contribution in [0.4, 0.5) is 0 Å². The molecule has 2 aromatic rings. The quantitative estimate of drug-likeness (QED) is 0.547. The van der Waals surface area contributed by atoms with E-state index in [2.05, 4.69) is 42.9 Å². The molecule has 2 heterocycles. The van der Waals surface area contributed by atoms with E-state index in [1.165, 1.54) is 6.33 Å². The van der Waals surface area contributed by atoms with Crippen molar-refractivity contribution in [3.63, 3.8) is 0 Å². The van der Waals surface area contributed by atoms with Crippen molar-refractivity contribution in [3.8, 4) is 0 Å². The van der Waals surface area contributed by atoms with Crippen molar-refractivity contribution in [3.05, 3.63) is 18.3 Å². The van der Waals surface area contributed by atoms with Crippen LogP contribution < -0.4 is 0 Å². The van der Waals surface area contributed by atoms with Gasteiger partial charge in [-0.2, -0.15) is 0 Å². The smallest absolute Gasteiger partial charge is 0.181 e. The molecule has 18 heavy (non-hydrogen) atoms. The van der Waals surface area contributed by atoms with Crippen LogP contribution in [-0.2, 0) is 13.1 Å². The summed E-state index contributed by atoms with van der Waals surface area (Å²) in [6.45, 7) is 9.14. The van der Waals surface area contributed by atoms with Gasteiger partial charge >= 0.3 is 0 Å². The molecule has 0 saturated heterocycles. The fraction of sp³-hybridized carbons (Fsp3) is 0.417. The molecule has 0 aliphatic heterocycles. The molecule has 2 rings (SSSR count). The Kier molecular flexibility index (Phi) is 4.11. The van der Waals surface area contributed by atoms with Gasteiger partial charge in [0.05, 0.1) is 18.6 Å². The number of rotatable bonds is 7. The van der Waals surface area contributed by atoms with Crippen LogP contribution in [0.15, 0.2) is 22.6 Å². The Labute approximate surface area is 106 Å². The van der Waals surface area contributed by atoms with Gasteiger partial charge in [-0.15, -0.1) is 0 Å². The van der Waals surface area contributed by atoms with E-state index < -0.39 is 0 Å². The number of aryl methyl sites for hydroxylation is 1. The summed E-state index contributed by atoms with van der Waals surface area (Å²) in [4.78, 5) is 20.4. The third-order valence-corrected chi connectivity index (χ3v) is 2.71. The van der Waals surface area contributed by atoms with Gasteiger partial charge in [0.25, 0.3) is 0 Å². The second-order valence-electron chi connectivity index (χ2n) is 3.97. The van der Waals surface area contributed by atoms with Crippen LogP contribution in [0, 0.1) is 0 Å². The highest BCUT2D eigenvalue weighted by Gasteiger charge is 2.09. The van der Waals surface area contributed by atoms with Crippen LogP contribution >= 0.6 is 0 Å². The summed E-state index contributed by atoms with van der Waals surface area (Å²) < 4.78 is 2.07. The Bertz CT molecular complexity index is 544. The van der Waals surface area contributed by atoms with Gasteiger partial charge in [-0.1, -0.05) is 0 Å². The van der Waals surface area contributed by atoms with Crippen LogP contribution in [0.2, 0.25) is 0 Å². The largest absolute Gasteiger partial charge is 0.328 e. The van der Waals surface area contributed by atoms with Crippen LogP contribution in [0.25, 0.3) is 11.2 Å². The molecule has 2 aromatic heterocycles. The number of imidazole rings is 1. The van der Waals surface area contributed by atoms with Crippen molar-refractivity contribution >= 4 is 24.6 Å². The van der Waals surface area contributed by atoms with Crippen molar-refractivity contribution in [1.29, 1.82) is 0 Å². The monoisotopic (exact) mass is 244 g/mol. The molecule has 0 spiro atoms. The molecule has 0 atom stereocenters. The fourth-order valence-corrected chi connectivity index (χ4v) is 1.87. The van der Waals surface area contributed by atoms with Gasteiger partial charge in [0.15, 0.2) is 5.65 Å². The Morgan fingerprint density at radius 3 is 2.78 bits per heavy atom. The molecule has 0 N–H and O–H groups in total. The maximum Gasteiger partial charge on any atom is 0.181 e. The van der Waals surface area contributed by atoms with Crippen molar-refractivity contribution in [2.45, 2.75) is 25.9 Å². The molecule has 0 fully saturated rings. The Morgan fingerprint density at radius 2 is 2.00 bits per heavy atom. The molecule has 0 radical (unpaired) electrons. The molecule has 0 bridgehead atoms. The second-order valence-corrected chi connectivity index (χ2v) is 3.97. The van der Waals surface area contributed by atoms with E-state index in [0.29, 0.717) is 12.2 Å². The molecule has 6 nitrogen and oxygen atoms in total. The first-order valence-corrected chi connectivity index (χ1v) is 5.86. The molecule has 0 unspecified atom stereocenters. The van der Waals surface area contributed by atoms with Crippen LogP contribution in [-0.4, -0.2) is 39.5 Å². The summed E-state index contributed by atoms with van der Waals surface area (Å²) >= 11 is 0. The lowest BCUT2D eigenvalue weighted by molar-refractivity contribution is 0.626. The van der Waals surface area contributed by atoms with Gasteiger partial charge in [0, 0.05) is 13.1 Å². The van der Waals surface area contributed by atoms with Crippen LogP contribution in [0.1, 0.15) is 18.5 Å². The Balaban J connectivity index is 2.21. The highest BCUT2D eigenvalue weighted by molar-refractivity contribution is 5.73. The van der Waals surface area contributed by atoms with Gasteiger partial charge in [0.1, 0.15) is 11.8 Å². The van der Waals surface area contributed by atoms with E-state index in [9.17, 15) is 0 Å². The summed E-state index contributed by atoms with van der Waals surface area (Å²) in [5, 5.41) is 0. The average Bonchev–Trinajstić information content (AvgIpc) is 2.80. The van der Waals surface area contributed by atoms with Crippen molar-refractivity contribution in [2.75, 3.05) is 6.54 Å². The SMILES string of the molecule is C=NCCCCn1cnc2ncnc(CN=C)c21. The predicted octanol–water partition coefficient (Wildman–Crippen LogP) is 1.51. The number of nitrogens with zero attached hydrogens (tertiary/aromatic N) is 6. The van der Waals surface area contributed by atoms with E-state index in [1.807, 2.05) is 0 Å². The maximum atomic E-state index is 4.27. The topological polar surface area (TPSA) is 68.3 Å². The zero-order valence-electron chi connectivity index (χ0n) is 10.3. The van der Waals surface area contributed by atoms with E-state index in [1.54, 1.807) is 6.33 Å². The molecular formula is C12H16N6. The summed E-state index contributed by atoms with van der Waals surface area (Å²) in [7, 11) is 0. The van der Waals surface area contributed by atoms with Crippen molar-refractivity contribution < 1.29 is 0 Å². The molecular weight excluding hydrogens is 228 g/mol. The fourth-order valence-electron chi connectivity index (χ4n) is 1.87. The zero-order valence-corrected chi connectivity index (χ0v) is 10.3. The zero-order chi connectivity index (χ0) is 12.8. The summed E-state index contributed by atoms with van der Waals surface area (Å²) in [6, 6.07) is 0. The van der Waals surface area contributed by atoms with Crippen molar-refractivity contribution in [1.82, 2.24) is 19.5 Å². The number of fused-ring (bicyclic) bond motifs is 1. The Morgan fingerprint density at radius 1 is 1.11 bits per heavy atom. The lowest BCUT2D eigenvalue weighted by Gasteiger charge is -2.05. The molecule has 0 amide bonds. The highest BCUT2D eigenvalue weighted by Crippen LogP contribution is 2.15. The number of hydrogen-bond donors (Lipinski definition) is 0. The van der Waals surface area contributed by atoms with Gasteiger partial charge in [0.2, 0.25) is 0 Å². The second kappa shape index (κ2) is 6.00. The lowest BCUT2D eigenvalue weighted by atomic mass is 10.3. The number of aromatic nitrogens is 4. The predicted molar refractivity (Wildman–Crippen MR) is 72.2 cm³/mol. The molecule has 6 heteroatoms. The minimum atomic E-state index is 0.485. The normalized spacial score (nSPS) is 10.7. The first kappa shape index (κ1) is 12.3. The average molecular weight is 244 g/mol. The van der Waals surface area contributed by atoms with Crippen LogP contribution in [0.3, 0.4) is 0 Å². The molecule has 0 aliphatic carbocycles. The number of aliphatic imine (C=N–C) groups is 2. The van der Waals surface area contributed by atoms with E-state index in [4.69, 9.17) is 0 Å². The third-order valence-electron chi connectivity index (χ3n) is 2.71. The van der Waals surface area contributed by atoms with Crippen molar-refractivity contribution in [2.24, 2.45) is 9.98 Å². The number of unbranched alkanes of at least 4 members (excludes halogenated alkanes) is 1. The highest BCUT2D eigenvalue weighted by atomic mass is 15.1. The third kappa shape index (κ3) is 2.58. The summed E-state index contributed by atoms with van der Waals surface area (Å²) in [5.41, 5.74) is 2.54. The first-order valence-electron chi connectivity index (χ1n) is 5.86. The van der Waals surface area contributed by atoms with Gasteiger partial charge < -0.3 is 9.56 Å². The van der Waals surface area contributed by atoms with Crippen LogP contribution in [0.5, 0.6) is 0 Å². The van der Waals surface area contributed by atoms with E-state index in [0.717, 1.165) is 37.1 Å². The first-order chi connectivity index (χ1) is 8.86. The minimum absolute atomic E-state index is 0.485. The standard InChI is InChI=1S/C12H16N6/c1-13-5-3-4-6-18-9-17-12-11(18)10(7-14-2)15-8-16-12/h8-9H,1-7H2. The molecule has 0 aromatic carbocycles. The molecule has 94 valence electrons. The maximum absolute atomic E-state index is 4.27. The molecule has 0 saturated carbocycles.